The van der Waals surface area contributed by atoms with Crippen LogP contribution in [0.25, 0.3) is 21.9 Å². The molecule has 3 N–H and O–H groups in total. The molecule has 5 rings (SSSR count). The van der Waals surface area contributed by atoms with Crippen LogP contribution in [0, 0.1) is 0 Å². The van der Waals surface area contributed by atoms with Crippen LogP contribution in [0.3, 0.4) is 0 Å². The van der Waals surface area contributed by atoms with E-state index in [0.717, 1.165) is 58.0 Å². The number of para-hydroxylation sites is 1. The molecule has 4 aromatic rings. The number of benzene rings is 2. The number of likely N-dealkylation sites (tertiary alicyclic amines) is 1. The topological polar surface area (TPSA) is 89.4 Å². The third kappa shape index (κ3) is 3.60. The second-order valence-corrected chi connectivity index (χ2v) is 8.66. The van der Waals surface area contributed by atoms with Crippen molar-refractivity contribution in [3.8, 4) is 5.75 Å². The monoisotopic (exact) mass is 435 g/mol. The van der Waals surface area contributed by atoms with Gasteiger partial charge >= 0.3 is 0 Å². The van der Waals surface area contributed by atoms with E-state index < -0.39 is 0 Å². The lowest BCUT2D eigenvalue weighted by Crippen LogP contribution is -2.49. The van der Waals surface area contributed by atoms with Crippen molar-refractivity contribution in [3.05, 3.63) is 53.6 Å². The van der Waals surface area contributed by atoms with Crippen molar-refractivity contribution in [1.82, 2.24) is 19.4 Å². The van der Waals surface area contributed by atoms with Crippen LogP contribution in [0.4, 0.5) is 5.82 Å². The average molecular weight is 436 g/mol. The predicted molar refractivity (Wildman–Crippen MR) is 125 cm³/mol. The lowest BCUT2D eigenvalue weighted by molar-refractivity contribution is -0.00288. The molecule has 7 nitrogen and oxygen atoms in total. The molecule has 31 heavy (non-hydrogen) atoms. The van der Waals surface area contributed by atoms with Crippen LogP contribution in [-0.2, 0) is 13.1 Å². The summed E-state index contributed by atoms with van der Waals surface area (Å²) in [6, 6.07) is 14.4. The molecule has 1 fully saturated rings. The SMILES string of the molecule is COc1cc(CN2CC(O)C2)ccc1Cn1c(SC)nc2c(N)nc3ccccc3c21. The van der Waals surface area contributed by atoms with Crippen LogP contribution in [-0.4, -0.2) is 57.1 Å². The minimum atomic E-state index is -0.197. The maximum absolute atomic E-state index is 9.53. The Bertz CT molecular complexity index is 1270. The molecule has 0 bridgehead atoms. The van der Waals surface area contributed by atoms with Gasteiger partial charge in [0.15, 0.2) is 11.0 Å². The standard InChI is InChI=1S/C23H25N5O2S/c1-30-19-9-14(10-27-12-16(29)13-27)7-8-15(19)11-28-21-17-5-3-4-6-18(17)25-22(24)20(21)26-23(28)31-2/h3-9,16,29H,10-13H2,1-2H3,(H2,24,25). The zero-order valence-corrected chi connectivity index (χ0v) is 18.4. The molecule has 8 heteroatoms. The van der Waals surface area contributed by atoms with Gasteiger partial charge in [-0.05, 0) is 24.0 Å². The fourth-order valence-electron chi connectivity index (χ4n) is 4.26. The summed E-state index contributed by atoms with van der Waals surface area (Å²) in [5.41, 5.74) is 11.1. The van der Waals surface area contributed by atoms with Crippen molar-refractivity contribution in [2.45, 2.75) is 24.3 Å². The van der Waals surface area contributed by atoms with Gasteiger partial charge in [0.2, 0.25) is 0 Å². The minimum Gasteiger partial charge on any atom is -0.496 e. The Balaban J connectivity index is 1.57. The van der Waals surface area contributed by atoms with Gasteiger partial charge in [-0.15, -0.1) is 0 Å². The summed E-state index contributed by atoms with van der Waals surface area (Å²) >= 11 is 1.59. The van der Waals surface area contributed by atoms with Gasteiger partial charge < -0.3 is 20.1 Å². The van der Waals surface area contributed by atoms with Crippen molar-refractivity contribution >= 4 is 39.5 Å². The van der Waals surface area contributed by atoms with Gasteiger partial charge in [0.05, 0.1) is 30.8 Å². The van der Waals surface area contributed by atoms with Gasteiger partial charge in [0.25, 0.3) is 0 Å². The third-order valence-corrected chi connectivity index (χ3v) is 6.46. The zero-order chi connectivity index (χ0) is 21.5. The number of aromatic nitrogens is 3. The van der Waals surface area contributed by atoms with Crippen molar-refractivity contribution in [2.24, 2.45) is 0 Å². The average Bonchev–Trinajstić information content (AvgIpc) is 3.13. The summed E-state index contributed by atoms with van der Waals surface area (Å²) in [6.45, 7) is 2.88. The Morgan fingerprint density at radius 2 is 1.97 bits per heavy atom. The number of nitrogen functional groups attached to an aromatic ring is 1. The number of nitrogens with zero attached hydrogens (tertiary/aromatic N) is 4. The van der Waals surface area contributed by atoms with Gasteiger partial charge in [-0.25, -0.2) is 9.97 Å². The molecular weight excluding hydrogens is 410 g/mol. The summed E-state index contributed by atoms with van der Waals surface area (Å²) < 4.78 is 7.94. The van der Waals surface area contributed by atoms with Crippen LogP contribution >= 0.6 is 11.8 Å². The smallest absolute Gasteiger partial charge is 0.169 e. The second-order valence-electron chi connectivity index (χ2n) is 7.89. The number of imidazole rings is 1. The van der Waals surface area contributed by atoms with Crippen LogP contribution < -0.4 is 10.5 Å². The van der Waals surface area contributed by atoms with Crippen molar-refractivity contribution in [2.75, 3.05) is 32.2 Å². The van der Waals surface area contributed by atoms with Gasteiger partial charge in [0.1, 0.15) is 11.3 Å². The summed E-state index contributed by atoms with van der Waals surface area (Å²) in [7, 11) is 1.70. The van der Waals surface area contributed by atoms with Crippen molar-refractivity contribution in [1.29, 1.82) is 0 Å². The molecule has 1 aliphatic heterocycles. The molecule has 0 radical (unpaired) electrons. The summed E-state index contributed by atoms with van der Waals surface area (Å²) in [5, 5.41) is 11.4. The molecule has 2 aromatic heterocycles. The first-order valence-electron chi connectivity index (χ1n) is 10.2. The number of aliphatic hydroxyl groups excluding tert-OH is 1. The number of hydrogen-bond acceptors (Lipinski definition) is 7. The number of ether oxygens (including phenoxy) is 1. The highest BCUT2D eigenvalue weighted by Crippen LogP contribution is 2.33. The number of pyridine rings is 1. The van der Waals surface area contributed by atoms with E-state index in [9.17, 15) is 5.11 Å². The number of rotatable bonds is 6. The Morgan fingerprint density at radius 1 is 1.16 bits per heavy atom. The molecule has 0 atom stereocenters. The third-order valence-electron chi connectivity index (χ3n) is 5.78. The maximum Gasteiger partial charge on any atom is 0.169 e. The number of thioether (sulfide) groups is 1. The van der Waals surface area contributed by atoms with Crippen molar-refractivity contribution in [3.63, 3.8) is 0 Å². The van der Waals surface area contributed by atoms with Gasteiger partial charge in [-0.2, -0.15) is 0 Å². The Morgan fingerprint density at radius 3 is 2.71 bits per heavy atom. The van der Waals surface area contributed by atoms with E-state index in [0.29, 0.717) is 12.4 Å². The molecular formula is C23H25N5O2S. The molecule has 0 aliphatic carbocycles. The molecule has 1 aliphatic rings. The van der Waals surface area contributed by atoms with E-state index in [1.807, 2.05) is 24.5 Å². The Labute approximate surface area is 184 Å². The zero-order valence-electron chi connectivity index (χ0n) is 17.6. The fraction of sp³-hybridized carbons (Fsp3) is 0.304. The van der Waals surface area contributed by atoms with Crippen LogP contribution in [0.15, 0.2) is 47.6 Å². The largest absolute Gasteiger partial charge is 0.496 e. The van der Waals surface area contributed by atoms with Crippen molar-refractivity contribution < 1.29 is 9.84 Å². The van der Waals surface area contributed by atoms with E-state index in [1.165, 1.54) is 5.56 Å². The first-order chi connectivity index (χ1) is 15.1. The number of anilines is 1. The van der Waals surface area contributed by atoms with E-state index in [4.69, 9.17) is 15.5 Å². The maximum atomic E-state index is 9.53. The first kappa shape index (κ1) is 20.1. The number of methoxy groups -OCH3 is 1. The molecule has 1 saturated heterocycles. The highest BCUT2D eigenvalue weighted by Gasteiger charge is 2.24. The Kier molecular flexibility index (Phi) is 5.21. The first-order valence-corrected chi connectivity index (χ1v) is 11.4. The lowest BCUT2D eigenvalue weighted by atomic mass is 10.1. The molecule has 0 spiro atoms. The van der Waals surface area contributed by atoms with E-state index in [1.54, 1.807) is 18.9 Å². The number of hydrogen-bond donors (Lipinski definition) is 2. The molecule has 3 heterocycles. The molecule has 0 unspecified atom stereocenters. The van der Waals surface area contributed by atoms with Gasteiger partial charge in [-0.3, -0.25) is 4.90 Å². The Hall–Kier alpha value is -2.81. The van der Waals surface area contributed by atoms with E-state index >= 15 is 0 Å². The highest BCUT2D eigenvalue weighted by molar-refractivity contribution is 7.98. The summed E-state index contributed by atoms with van der Waals surface area (Å²) in [4.78, 5) is 11.5. The molecule has 2 aromatic carbocycles. The lowest BCUT2D eigenvalue weighted by Gasteiger charge is -2.35. The van der Waals surface area contributed by atoms with E-state index in [-0.39, 0.29) is 6.10 Å². The predicted octanol–water partition coefficient (Wildman–Crippen LogP) is 3.12. The normalized spacial score (nSPS) is 14.9. The second kappa shape index (κ2) is 8.03. The number of β-amino-alcohol motifs (C(OH)–C–C–N with tert-alkyl or cyclic N) is 1. The van der Waals surface area contributed by atoms with Gasteiger partial charge in [0, 0.05) is 30.6 Å². The van der Waals surface area contributed by atoms with Crippen LogP contribution in [0.5, 0.6) is 5.75 Å². The number of fused-ring (bicyclic) bond motifs is 3. The number of nitrogens with two attached hydrogens (primary N) is 1. The van der Waals surface area contributed by atoms with E-state index in [2.05, 4.69) is 38.7 Å². The summed E-state index contributed by atoms with van der Waals surface area (Å²) in [6.07, 6.45) is 1.82. The fourth-order valence-corrected chi connectivity index (χ4v) is 4.82. The summed E-state index contributed by atoms with van der Waals surface area (Å²) in [5.74, 6) is 1.29. The molecule has 0 saturated carbocycles. The van der Waals surface area contributed by atoms with Gasteiger partial charge in [-0.1, -0.05) is 42.1 Å². The number of aliphatic hydroxyl groups is 1. The molecule has 160 valence electrons. The molecule has 0 amide bonds. The highest BCUT2D eigenvalue weighted by atomic mass is 32.2. The van der Waals surface area contributed by atoms with Crippen LogP contribution in [0.2, 0.25) is 0 Å². The van der Waals surface area contributed by atoms with Crippen LogP contribution in [0.1, 0.15) is 11.1 Å². The quantitative estimate of drug-likeness (QED) is 0.450. The minimum absolute atomic E-state index is 0.197.